The van der Waals surface area contributed by atoms with E-state index in [1.165, 1.54) is 0 Å². The maximum absolute atomic E-state index is 12.0. The van der Waals surface area contributed by atoms with Gasteiger partial charge in [-0.05, 0) is 25.5 Å². The Morgan fingerprint density at radius 1 is 1.52 bits per heavy atom. The smallest absolute Gasteiger partial charge is 0.271 e. The second-order valence-electron chi connectivity index (χ2n) is 5.22. The zero-order valence-electron chi connectivity index (χ0n) is 11.9. The van der Waals surface area contributed by atoms with Crippen LogP contribution in [0.4, 0.5) is 0 Å². The van der Waals surface area contributed by atoms with E-state index in [1.807, 2.05) is 10.9 Å². The van der Waals surface area contributed by atoms with Gasteiger partial charge in [0.05, 0.1) is 6.04 Å². The number of hydrogen-bond acceptors (Lipinski definition) is 4. The summed E-state index contributed by atoms with van der Waals surface area (Å²) in [5.74, 6) is 0.734. The highest BCUT2D eigenvalue weighted by Gasteiger charge is 2.17. The minimum atomic E-state index is -0.135. The first-order valence-electron chi connectivity index (χ1n) is 7.35. The number of aromatic nitrogens is 4. The van der Waals surface area contributed by atoms with Crippen molar-refractivity contribution in [2.75, 3.05) is 19.6 Å². The Balaban J connectivity index is 1.51. The van der Waals surface area contributed by atoms with Crippen molar-refractivity contribution in [3.63, 3.8) is 0 Å². The molecule has 112 valence electrons. The van der Waals surface area contributed by atoms with E-state index in [-0.39, 0.29) is 5.91 Å². The molecule has 0 aromatic carbocycles. The van der Waals surface area contributed by atoms with Crippen molar-refractivity contribution in [2.24, 2.45) is 0 Å². The molecule has 0 unspecified atom stereocenters. The average molecular weight is 288 g/mol. The van der Waals surface area contributed by atoms with Crippen LogP contribution < -0.4 is 10.6 Å². The van der Waals surface area contributed by atoms with Gasteiger partial charge in [-0.2, -0.15) is 5.10 Å². The van der Waals surface area contributed by atoms with Gasteiger partial charge in [-0.1, -0.05) is 0 Å². The number of amides is 1. The van der Waals surface area contributed by atoms with Crippen LogP contribution in [0.3, 0.4) is 0 Å². The summed E-state index contributed by atoms with van der Waals surface area (Å²) in [5.41, 5.74) is 0.472. The Morgan fingerprint density at radius 3 is 3.24 bits per heavy atom. The fourth-order valence-corrected chi connectivity index (χ4v) is 2.54. The van der Waals surface area contributed by atoms with Gasteiger partial charge in [-0.15, -0.1) is 0 Å². The predicted octanol–water partition coefficient (Wildman–Crippen LogP) is 0.503. The van der Waals surface area contributed by atoms with Crippen LogP contribution in [-0.2, 0) is 6.42 Å². The molecule has 7 heteroatoms. The number of carbonyl (C=O) groups excluding carboxylic acids is 1. The van der Waals surface area contributed by atoms with Crippen molar-refractivity contribution in [1.29, 1.82) is 0 Å². The minimum absolute atomic E-state index is 0.135. The molecule has 0 saturated carbocycles. The molecule has 0 spiro atoms. The Morgan fingerprint density at radius 2 is 2.48 bits per heavy atom. The van der Waals surface area contributed by atoms with Crippen LogP contribution in [0.15, 0.2) is 24.7 Å². The Bertz CT molecular complexity index is 570. The van der Waals surface area contributed by atoms with Gasteiger partial charge in [0.25, 0.3) is 5.91 Å². The number of carbonyl (C=O) groups is 1. The van der Waals surface area contributed by atoms with Gasteiger partial charge in [0.2, 0.25) is 0 Å². The van der Waals surface area contributed by atoms with Crippen molar-refractivity contribution in [1.82, 2.24) is 30.4 Å². The van der Waals surface area contributed by atoms with Gasteiger partial charge in [0, 0.05) is 38.1 Å². The molecule has 0 radical (unpaired) electrons. The molecule has 2 aromatic heterocycles. The average Bonchev–Trinajstić information content (AvgIpc) is 3.20. The third kappa shape index (κ3) is 3.49. The summed E-state index contributed by atoms with van der Waals surface area (Å²) in [4.78, 5) is 19.2. The Labute approximate surface area is 123 Å². The highest BCUT2D eigenvalue weighted by Crippen LogP contribution is 2.15. The maximum Gasteiger partial charge on any atom is 0.271 e. The monoisotopic (exact) mass is 288 g/mol. The van der Waals surface area contributed by atoms with E-state index < -0.39 is 0 Å². The van der Waals surface area contributed by atoms with Crippen molar-refractivity contribution >= 4 is 5.91 Å². The normalized spacial score (nSPS) is 18.6. The summed E-state index contributed by atoms with van der Waals surface area (Å²) >= 11 is 0. The van der Waals surface area contributed by atoms with E-state index in [0.717, 1.165) is 31.8 Å². The number of H-pyrrole nitrogens is 1. The maximum atomic E-state index is 12.0. The molecule has 3 N–H and O–H groups in total. The number of nitrogens with one attached hydrogen (secondary N) is 3. The largest absolute Gasteiger partial charge is 0.350 e. The summed E-state index contributed by atoms with van der Waals surface area (Å²) < 4.78 is 1.90. The first kappa shape index (κ1) is 13.8. The van der Waals surface area contributed by atoms with Crippen LogP contribution in [0, 0.1) is 0 Å². The summed E-state index contributed by atoms with van der Waals surface area (Å²) in [5, 5.41) is 10.6. The van der Waals surface area contributed by atoms with E-state index in [0.29, 0.717) is 24.7 Å². The topological polar surface area (TPSA) is 87.6 Å². The third-order valence-electron chi connectivity index (χ3n) is 3.69. The lowest BCUT2D eigenvalue weighted by Gasteiger charge is -2.22. The number of rotatable bonds is 5. The highest BCUT2D eigenvalue weighted by molar-refractivity contribution is 5.92. The molecule has 0 bridgehead atoms. The molecule has 7 nitrogen and oxygen atoms in total. The molecule has 3 rings (SSSR count). The molecular weight excluding hydrogens is 268 g/mol. The molecular formula is C14H20N6O. The zero-order chi connectivity index (χ0) is 14.5. The molecule has 1 aliphatic heterocycles. The van der Waals surface area contributed by atoms with E-state index in [1.54, 1.807) is 18.5 Å². The third-order valence-corrected chi connectivity index (χ3v) is 3.69. The SMILES string of the molecule is O=C(NCCc1ncc[nH]1)c1ccn([C@H]2CCCNC2)n1. The van der Waals surface area contributed by atoms with Crippen LogP contribution in [-0.4, -0.2) is 45.3 Å². The lowest BCUT2D eigenvalue weighted by atomic mass is 10.1. The van der Waals surface area contributed by atoms with Crippen LogP contribution in [0.1, 0.15) is 35.2 Å². The van der Waals surface area contributed by atoms with Gasteiger partial charge in [-0.25, -0.2) is 4.98 Å². The molecule has 1 amide bonds. The number of piperidine rings is 1. The molecule has 21 heavy (non-hydrogen) atoms. The lowest BCUT2D eigenvalue weighted by Crippen LogP contribution is -2.32. The zero-order valence-corrected chi connectivity index (χ0v) is 11.9. The minimum Gasteiger partial charge on any atom is -0.350 e. The summed E-state index contributed by atoms with van der Waals surface area (Å²) in [6, 6.07) is 2.13. The number of nitrogens with zero attached hydrogens (tertiary/aromatic N) is 3. The molecule has 2 aromatic rings. The second kappa shape index (κ2) is 6.53. The fraction of sp³-hybridized carbons (Fsp3) is 0.500. The second-order valence-corrected chi connectivity index (χ2v) is 5.22. The van der Waals surface area contributed by atoms with Gasteiger partial charge in [0.1, 0.15) is 11.5 Å². The van der Waals surface area contributed by atoms with E-state index in [9.17, 15) is 4.79 Å². The lowest BCUT2D eigenvalue weighted by molar-refractivity contribution is 0.0947. The quantitative estimate of drug-likeness (QED) is 0.748. The molecule has 0 aliphatic carbocycles. The highest BCUT2D eigenvalue weighted by atomic mass is 16.1. The Kier molecular flexibility index (Phi) is 4.30. The van der Waals surface area contributed by atoms with Crippen molar-refractivity contribution in [3.05, 3.63) is 36.2 Å². The Hall–Kier alpha value is -2.15. The van der Waals surface area contributed by atoms with Crippen LogP contribution in [0.5, 0.6) is 0 Å². The van der Waals surface area contributed by atoms with Gasteiger partial charge in [0.15, 0.2) is 0 Å². The van der Waals surface area contributed by atoms with E-state index >= 15 is 0 Å². The predicted molar refractivity (Wildman–Crippen MR) is 78.0 cm³/mol. The van der Waals surface area contributed by atoms with Crippen molar-refractivity contribution in [3.8, 4) is 0 Å². The van der Waals surface area contributed by atoms with Crippen molar-refractivity contribution < 1.29 is 4.79 Å². The molecule has 3 heterocycles. The molecule has 1 atom stereocenters. The van der Waals surface area contributed by atoms with E-state index in [4.69, 9.17) is 0 Å². The first-order valence-corrected chi connectivity index (χ1v) is 7.35. The van der Waals surface area contributed by atoms with Gasteiger partial charge >= 0.3 is 0 Å². The summed E-state index contributed by atoms with van der Waals surface area (Å²) in [6.45, 7) is 2.53. The molecule has 1 saturated heterocycles. The number of imidazole rings is 1. The molecule has 1 fully saturated rings. The summed E-state index contributed by atoms with van der Waals surface area (Å²) in [6.07, 6.45) is 8.31. The number of aromatic amines is 1. The molecule has 1 aliphatic rings. The summed E-state index contributed by atoms with van der Waals surface area (Å²) in [7, 11) is 0. The van der Waals surface area contributed by atoms with Crippen LogP contribution >= 0.6 is 0 Å². The standard InChI is InChI=1S/C14H20N6O/c21-14(18-6-3-13-16-7-8-17-13)12-4-9-20(19-12)11-2-1-5-15-10-11/h4,7-9,11,15H,1-3,5-6,10H2,(H,16,17)(H,18,21)/t11-/m0/s1. The van der Waals surface area contributed by atoms with Crippen LogP contribution in [0.25, 0.3) is 0 Å². The number of hydrogen-bond donors (Lipinski definition) is 3. The fourth-order valence-electron chi connectivity index (χ4n) is 2.54. The van der Waals surface area contributed by atoms with Gasteiger partial charge in [-0.3, -0.25) is 9.48 Å². The first-order chi connectivity index (χ1) is 10.3. The van der Waals surface area contributed by atoms with Crippen LogP contribution in [0.2, 0.25) is 0 Å². The van der Waals surface area contributed by atoms with Gasteiger partial charge < -0.3 is 15.6 Å². The van der Waals surface area contributed by atoms with Crippen molar-refractivity contribution in [2.45, 2.75) is 25.3 Å². The van der Waals surface area contributed by atoms with E-state index in [2.05, 4.69) is 25.7 Å².